The number of carbonyl (C=O) groups is 3. The third kappa shape index (κ3) is 5.36. The lowest BCUT2D eigenvalue weighted by molar-refractivity contribution is 0.0845. The molecule has 0 aliphatic rings. The third-order valence-electron chi connectivity index (χ3n) is 4.16. The molecule has 1 heterocycles. The molecule has 3 rings (SSSR count). The molecule has 0 aliphatic carbocycles. The zero-order chi connectivity index (χ0) is 22.2. The number of carbonyl (C=O) groups excluding carboxylic acids is 3. The Morgan fingerprint density at radius 2 is 1.58 bits per heavy atom. The van der Waals surface area contributed by atoms with Crippen LogP contribution in [0.3, 0.4) is 0 Å². The maximum atomic E-state index is 12.4. The summed E-state index contributed by atoms with van der Waals surface area (Å²) >= 11 is 0. The number of para-hydroxylation sites is 1. The Hall–Kier alpha value is -4.40. The lowest BCUT2D eigenvalue weighted by atomic mass is 10.2. The Balaban J connectivity index is 1.66. The van der Waals surface area contributed by atoms with Gasteiger partial charge in [0.05, 0.1) is 12.7 Å². The lowest BCUT2D eigenvalue weighted by Crippen LogP contribution is -2.41. The molecule has 3 N–H and O–H groups in total. The minimum Gasteiger partial charge on any atom is -0.496 e. The van der Waals surface area contributed by atoms with E-state index >= 15 is 0 Å². The summed E-state index contributed by atoms with van der Waals surface area (Å²) in [6.07, 6.45) is 1.45. The van der Waals surface area contributed by atoms with Crippen molar-refractivity contribution >= 4 is 17.7 Å². The van der Waals surface area contributed by atoms with Gasteiger partial charge >= 0.3 is 0 Å². The molecule has 9 nitrogen and oxygen atoms in total. The van der Waals surface area contributed by atoms with Gasteiger partial charge in [0, 0.05) is 24.9 Å². The molecule has 0 aliphatic heterocycles. The highest BCUT2D eigenvalue weighted by Crippen LogP contribution is 2.22. The second-order valence-corrected chi connectivity index (χ2v) is 6.19. The van der Waals surface area contributed by atoms with Gasteiger partial charge in [-0.15, -0.1) is 0 Å². The van der Waals surface area contributed by atoms with E-state index in [0.29, 0.717) is 17.2 Å². The standard InChI is InChI=1S/C22H20N4O5/c1-23-22(29)18-13-16(10-11-24-18)31-15-7-5-6-14(12-15)20(27)25-26-21(28)17-8-3-4-9-19(17)30-2/h3-13H,1-2H3,(H,23,29)(H,25,27)(H,26,28). The molecule has 3 aromatic rings. The van der Waals surface area contributed by atoms with Gasteiger partial charge in [-0.1, -0.05) is 18.2 Å². The summed E-state index contributed by atoms with van der Waals surface area (Å²) in [7, 11) is 2.96. The Kier molecular flexibility index (Phi) is 6.79. The number of nitrogens with zero attached hydrogens (tertiary/aromatic N) is 1. The fourth-order valence-electron chi connectivity index (χ4n) is 2.65. The zero-order valence-electron chi connectivity index (χ0n) is 16.8. The Labute approximate surface area is 178 Å². The summed E-state index contributed by atoms with van der Waals surface area (Å²) in [6.45, 7) is 0. The van der Waals surface area contributed by atoms with Crippen molar-refractivity contribution in [3.05, 3.63) is 83.7 Å². The second kappa shape index (κ2) is 9.88. The maximum absolute atomic E-state index is 12.4. The van der Waals surface area contributed by atoms with Crippen LogP contribution in [0.5, 0.6) is 17.2 Å². The van der Waals surface area contributed by atoms with Crippen LogP contribution in [-0.2, 0) is 0 Å². The van der Waals surface area contributed by atoms with Crippen LogP contribution in [0, 0.1) is 0 Å². The van der Waals surface area contributed by atoms with Crippen LogP contribution >= 0.6 is 0 Å². The van der Waals surface area contributed by atoms with Crippen molar-refractivity contribution in [2.24, 2.45) is 0 Å². The van der Waals surface area contributed by atoms with Crippen LogP contribution in [0.25, 0.3) is 0 Å². The molecule has 0 radical (unpaired) electrons. The fourth-order valence-corrected chi connectivity index (χ4v) is 2.65. The number of pyridine rings is 1. The van der Waals surface area contributed by atoms with E-state index in [2.05, 4.69) is 21.2 Å². The summed E-state index contributed by atoms with van der Waals surface area (Å²) in [4.78, 5) is 40.4. The second-order valence-electron chi connectivity index (χ2n) is 6.19. The van der Waals surface area contributed by atoms with Crippen molar-refractivity contribution in [1.29, 1.82) is 0 Å². The molecule has 31 heavy (non-hydrogen) atoms. The number of hydrazine groups is 1. The van der Waals surface area contributed by atoms with Crippen LogP contribution < -0.4 is 25.6 Å². The van der Waals surface area contributed by atoms with Crippen LogP contribution in [-0.4, -0.2) is 36.9 Å². The molecule has 0 saturated carbocycles. The first-order valence-corrected chi connectivity index (χ1v) is 9.21. The predicted molar refractivity (Wildman–Crippen MR) is 112 cm³/mol. The predicted octanol–water partition coefficient (Wildman–Crippen LogP) is 2.32. The van der Waals surface area contributed by atoms with Gasteiger partial charge in [0.2, 0.25) is 0 Å². The Bertz CT molecular complexity index is 1120. The number of amides is 3. The summed E-state index contributed by atoms with van der Waals surface area (Å²) < 4.78 is 10.9. The van der Waals surface area contributed by atoms with Gasteiger partial charge in [0.25, 0.3) is 17.7 Å². The highest BCUT2D eigenvalue weighted by atomic mass is 16.5. The van der Waals surface area contributed by atoms with Crippen molar-refractivity contribution in [1.82, 2.24) is 21.2 Å². The molecule has 3 amide bonds. The van der Waals surface area contributed by atoms with E-state index < -0.39 is 11.8 Å². The highest BCUT2D eigenvalue weighted by molar-refractivity contribution is 6.00. The molecule has 2 aromatic carbocycles. The fraction of sp³-hybridized carbons (Fsp3) is 0.0909. The number of methoxy groups -OCH3 is 1. The van der Waals surface area contributed by atoms with E-state index in [9.17, 15) is 14.4 Å². The summed E-state index contributed by atoms with van der Waals surface area (Å²) in [5, 5.41) is 2.49. The first kappa shape index (κ1) is 21.3. The minimum absolute atomic E-state index is 0.202. The van der Waals surface area contributed by atoms with E-state index in [-0.39, 0.29) is 22.7 Å². The van der Waals surface area contributed by atoms with Gasteiger partial charge < -0.3 is 14.8 Å². The number of ether oxygens (including phenoxy) is 2. The largest absolute Gasteiger partial charge is 0.496 e. The molecule has 1 aromatic heterocycles. The van der Waals surface area contributed by atoms with Gasteiger partial charge in [0.1, 0.15) is 22.9 Å². The molecule has 9 heteroatoms. The summed E-state index contributed by atoms with van der Waals surface area (Å²) in [5.74, 6) is -0.248. The van der Waals surface area contributed by atoms with E-state index in [1.54, 1.807) is 48.5 Å². The van der Waals surface area contributed by atoms with Crippen LogP contribution in [0.15, 0.2) is 66.9 Å². The minimum atomic E-state index is -0.533. The third-order valence-corrected chi connectivity index (χ3v) is 4.16. The first-order chi connectivity index (χ1) is 15.0. The molecule has 0 fully saturated rings. The number of hydrogen-bond acceptors (Lipinski definition) is 6. The Morgan fingerprint density at radius 3 is 2.35 bits per heavy atom. The SMILES string of the molecule is CNC(=O)c1cc(Oc2cccc(C(=O)NNC(=O)c3ccccc3OC)c2)ccn1. The topological polar surface area (TPSA) is 119 Å². The molecule has 0 atom stereocenters. The first-order valence-electron chi connectivity index (χ1n) is 9.21. The van der Waals surface area contributed by atoms with Crippen molar-refractivity contribution in [2.45, 2.75) is 0 Å². The number of nitrogens with one attached hydrogen (secondary N) is 3. The average molecular weight is 420 g/mol. The quantitative estimate of drug-likeness (QED) is 0.527. The van der Waals surface area contributed by atoms with Gasteiger partial charge in [-0.2, -0.15) is 0 Å². The highest BCUT2D eigenvalue weighted by Gasteiger charge is 2.14. The summed E-state index contributed by atoms with van der Waals surface area (Å²) in [6, 6.07) is 16.1. The summed E-state index contributed by atoms with van der Waals surface area (Å²) in [5.41, 5.74) is 5.46. The zero-order valence-corrected chi connectivity index (χ0v) is 16.8. The van der Waals surface area contributed by atoms with Crippen molar-refractivity contribution in [3.63, 3.8) is 0 Å². The van der Waals surface area contributed by atoms with Crippen LogP contribution in [0.2, 0.25) is 0 Å². The molecular formula is C22H20N4O5. The molecule has 0 saturated heterocycles. The van der Waals surface area contributed by atoms with Gasteiger partial charge in [-0.3, -0.25) is 30.2 Å². The van der Waals surface area contributed by atoms with E-state index in [1.165, 1.54) is 32.5 Å². The van der Waals surface area contributed by atoms with E-state index in [4.69, 9.17) is 9.47 Å². The van der Waals surface area contributed by atoms with E-state index in [0.717, 1.165) is 0 Å². The molecule has 0 bridgehead atoms. The number of aromatic nitrogens is 1. The smallest absolute Gasteiger partial charge is 0.273 e. The van der Waals surface area contributed by atoms with Crippen molar-refractivity contribution in [3.8, 4) is 17.2 Å². The maximum Gasteiger partial charge on any atom is 0.273 e. The van der Waals surface area contributed by atoms with Gasteiger partial charge in [0.15, 0.2) is 0 Å². The number of rotatable bonds is 6. The monoisotopic (exact) mass is 420 g/mol. The van der Waals surface area contributed by atoms with Crippen molar-refractivity contribution in [2.75, 3.05) is 14.2 Å². The molecule has 0 spiro atoms. The molecular weight excluding hydrogens is 400 g/mol. The van der Waals surface area contributed by atoms with Crippen molar-refractivity contribution < 1.29 is 23.9 Å². The lowest BCUT2D eigenvalue weighted by Gasteiger charge is -2.11. The normalized spacial score (nSPS) is 10.0. The number of hydrogen-bond donors (Lipinski definition) is 3. The molecule has 158 valence electrons. The number of benzene rings is 2. The Morgan fingerprint density at radius 1 is 0.839 bits per heavy atom. The van der Waals surface area contributed by atoms with Crippen LogP contribution in [0.1, 0.15) is 31.2 Å². The van der Waals surface area contributed by atoms with Gasteiger partial charge in [-0.05, 0) is 36.4 Å². The molecule has 0 unspecified atom stereocenters. The van der Waals surface area contributed by atoms with E-state index in [1.807, 2.05) is 0 Å². The van der Waals surface area contributed by atoms with Gasteiger partial charge in [-0.25, -0.2) is 0 Å². The average Bonchev–Trinajstić information content (AvgIpc) is 2.82. The van der Waals surface area contributed by atoms with Crippen LogP contribution in [0.4, 0.5) is 0 Å².